The van der Waals surface area contributed by atoms with Crippen molar-refractivity contribution in [1.29, 1.82) is 0 Å². The zero-order valence-electron chi connectivity index (χ0n) is 24.8. The van der Waals surface area contributed by atoms with E-state index in [9.17, 15) is 32.7 Å². The molecule has 0 aliphatic carbocycles. The SMILES string of the molecule is C#CCN(Cc1cc2c(=O)[nH]c(C)nc2cc1C)c1ccc(C(=O)N[C@@H](CCS(=O)(=O)NC(=O)c2ccccc2)C(=O)O)c(F)c1. The van der Waals surface area contributed by atoms with Crippen molar-refractivity contribution in [3.63, 3.8) is 0 Å². The minimum atomic E-state index is -4.26. The molecule has 0 aliphatic rings. The number of hydrogen-bond acceptors (Lipinski definition) is 8. The second-order valence-corrected chi connectivity index (χ2v) is 12.3. The monoisotopic (exact) mass is 647 g/mol. The van der Waals surface area contributed by atoms with Gasteiger partial charge in [-0.25, -0.2) is 27.3 Å². The first-order valence-electron chi connectivity index (χ1n) is 13.9. The van der Waals surface area contributed by atoms with Crippen LogP contribution in [0.2, 0.25) is 0 Å². The maximum atomic E-state index is 15.3. The predicted molar refractivity (Wildman–Crippen MR) is 169 cm³/mol. The van der Waals surface area contributed by atoms with E-state index in [1.54, 1.807) is 42.2 Å². The van der Waals surface area contributed by atoms with Gasteiger partial charge in [0.05, 0.1) is 28.8 Å². The first-order chi connectivity index (χ1) is 21.8. The average Bonchev–Trinajstić information content (AvgIpc) is 2.99. The number of carboxylic acids is 1. The lowest BCUT2D eigenvalue weighted by atomic mass is 10.0. The number of aryl methyl sites for hydroxylation is 2. The van der Waals surface area contributed by atoms with Crippen LogP contribution >= 0.6 is 0 Å². The quantitative estimate of drug-likeness (QED) is 0.168. The van der Waals surface area contributed by atoms with Crippen LogP contribution in [0, 0.1) is 32.0 Å². The van der Waals surface area contributed by atoms with Crippen LogP contribution in [-0.4, -0.2) is 59.6 Å². The number of aromatic nitrogens is 2. The Kier molecular flexibility index (Phi) is 10.2. The number of carbonyl (C=O) groups is 3. The minimum absolute atomic E-state index is 0.0569. The van der Waals surface area contributed by atoms with Crippen molar-refractivity contribution in [2.75, 3.05) is 17.2 Å². The van der Waals surface area contributed by atoms with Gasteiger partial charge in [-0.1, -0.05) is 24.1 Å². The number of sulfonamides is 1. The lowest BCUT2D eigenvalue weighted by molar-refractivity contribution is -0.139. The molecule has 0 spiro atoms. The zero-order valence-corrected chi connectivity index (χ0v) is 25.7. The maximum absolute atomic E-state index is 15.3. The summed E-state index contributed by atoms with van der Waals surface area (Å²) >= 11 is 0. The van der Waals surface area contributed by atoms with Gasteiger partial charge in [-0.15, -0.1) is 6.42 Å². The summed E-state index contributed by atoms with van der Waals surface area (Å²) < 4.78 is 41.9. The van der Waals surface area contributed by atoms with Crippen molar-refractivity contribution in [1.82, 2.24) is 20.0 Å². The van der Waals surface area contributed by atoms with E-state index in [0.29, 0.717) is 22.4 Å². The van der Waals surface area contributed by atoms with Crippen molar-refractivity contribution >= 4 is 44.4 Å². The van der Waals surface area contributed by atoms with Crippen LogP contribution in [0.1, 0.15) is 44.1 Å². The van der Waals surface area contributed by atoms with Crippen LogP contribution in [-0.2, 0) is 21.4 Å². The molecule has 2 amide bonds. The predicted octanol–water partition coefficient (Wildman–Crippen LogP) is 2.65. The molecule has 0 radical (unpaired) electrons. The van der Waals surface area contributed by atoms with Gasteiger partial charge in [0.25, 0.3) is 17.4 Å². The third kappa shape index (κ3) is 8.13. The number of amides is 2. The molecule has 0 bridgehead atoms. The molecule has 0 aliphatic heterocycles. The maximum Gasteiger partial charge on any atom is 0.326 e. The van der Waals surface area contributed by atoms with Crippen molar-refractivity contribution in [3.05, 3.63) is 105 Å². The smallest absolute Gasteiger partial charge is 0.326 e. The summed E-state index contributed by atoms with van der Waals surface area (Å²) in [5.74, 6) is -2.33. The third-order valence-corrected chi connectivity index (χ3v) is 8.32. The number of terminal acetylenes is 1. The summed E-state index contributed by atoms with van der Waals surface area (Å²) in [7, 11) is -4.26. The van der Waals surface area contributed by atoms with Crippen LogP contribution in [0.4, 0.5) is 10.1 Å². The molecule has 3 aromatic carbocycles. The van der Waals surface area contributed by atoms with E-state index in [1.165, 1.54) is 18.2 Å². The van der Waals surface area contributed by atoms with Gasteiger partial charge in [0.15, 0.2) is 0 Å². The fraction of sp³-hybridized carbons (Fsp3) is 0.219. The van der Waals surface area contributed by atoms with E-state index < -0.39 is 57.4 Å². The molecule has 0 saturated carbocycles. The Morgan fingerprint density at radius 2 is 1.80 bits per heavy atom. The topological polar surface area (TPSA) is 179 Å². The Balaban J connectivity index is 1.47. The van der Waals surface area contributed by atoms with E-state index in [-0.39, 0.29) is 24.2 Å². The molecule has 0 unspecified atom stereocenters. The van der Waals surface area contributed by atoms with Gasteiger partial charge in [-0.2, -0.15) is 0 Å². The van der Waals surface area contributed by atoms with Gasteiger partial charge in [0.1, 0.15) is 17.7 Å². The summed E-state index contributed by atoms with van der Waals surface area (Å²) in [5.41, 5.74) is 1.71. The molecule has 1 atom stereocenters. The third-order valence-electron chi connectivity index (χ3n) is 7.05. The number of carbonyl (C=O) groups excluding carboxylic acids is 2. The Bertz CT molecular complexity index is 2020. The molecule has 4 aromatic rings. The van der Waals surface area contributed by atoms with E-state index in [0.717, 1.165) is 23.3 Å². The number of fused-ring (bicyclic) bond motifs is 1. The number of nitrogens with one attached hydrogen (secondary N) is 3. The van der Waals surface area contributed by atoms with Crippen molar-refractivity contribution in [2.24, 2.45) is 0 Å². The van der Waals surface area contributed by atoms with E-state index in [1.807, 2.05) is 11.6 Å². The number of H-pyrrole nitrogens is 1. The molecule has 0 fully saturated rings. The number of aromatic amines is 1. The van der Waals surface area contributed by atoms with Gasteiger partial charge in [-0.3, -0.25) is 14.4 Å². The fourth-order valence-electron chi connectivity index (χ4n) is 4.67. The van der Waals surface area contributed by atoms with Crippen LogP contribution in [0.3, 0.4) is 0 Å². The summed E-state index contributed by atoms with van der Waals surface area (Å²) in [4.78, 5) is 58.0. The number of halogens is 1. The largest absolute Gasteiger partial charge is 0.480 e. The number of rotatable bonds is 12. The zero-order chi connectivity index (χ0) is 33.6. The highest BCUT2D eigenvalue weighted by Crippen LogP contribution is 2.24. The Morgan fingerprint density at radius 3 is 2.46 bits per heavy atom. The first kappa shape index (κ1) is 33.3. The number of carboxylic acid groups (broad SMARTS) is 1. The number of nitrogens with zero attached hydrogens (tertiary/aromatic N) is 2. The van der Waals surface area contributed by atoms with Gasteiger partial charge in [-0.05, 0) is 73.9 Å². The van der Waals surface area contributed by atoms with E-state index in [4.69, 9.17) is 6.42 Å². The van der Waals surface area contributed by atoms with Crippen molar-refractivity contribution in [2.45, 2.75) is 32.9 Å². The summed E-state index contributed by atoms with van der Waals surface area (Å²) in [6.45, 7) is 3.77. The molecule has 46 heavy (non-hydrogen) atoms. The lowest BCUT2D eigenvalue weighted by Crippen LogP contribution is -2.43. The van der Waals surface area contributed by atoms with Gasteiger partial charge in [0, 0.05) is 17.8 Å². The van der Waals surface area contributed by atoms with Crippen molar-refractivity contribution in [3.8, 4) is 12.3 Å². The average molecular weight is 648 g/mol. The Labute approximate surface area is 263 Å². The Hall–Kier alpha value is -5.55. The second kappa shape index (κ2) is 14.0. The Morgan fingerprint density at radius 1 is 1.09 bits per heavy atom. The molecule has 14 heteroatoms. The first-order valence-corrected chi connectivity index (χ1v) is 15.5. The summed E-state index contributed by atoms with van der Waals surface area (Å²) in [6.07, 6.45) is 4.97. The molecule has 4 N–H and O–H groups in total. The van der Waals surface area contributed by atoms with Gasteiger partial charge in [0.2, 0.25) is 10.0 Å². The fourth-order valence-corrected chi connectivity index (χ4v) is 5.72. The van der Waals surface area contributed by atoms with Crippen molar-refractivity contribution < 1.29 is 32.3 Å². The number of benzene rings is 3. The number of aliphatic carboxylic acids is 1. The highest BCUT2D eigenvalue weighted by Gasteiger charge is 2.26. The van der Waals surface area contributed by atoms with Crippen LogP contribution in [0.15, 0.2) is 65.5 Å². The standard InChI is InChI=1S/C32H30FN5O7S/c1-4-13-38(18-22-16-25-28(15-19(22)2)34-20(3)35-31(25)41)23-10-11-24(26(33)17-23)30(40)36-27(32(42)43)12-14-46(44,45)37-29(39)21-8-6-5-7-9-21/h1,5-11,15-17,27H,12-14,18H2,2-3H3,(H,36,40)(H,37,39)(H,42,43)(H,34,35,41)/t27-/m0/s1. The molecular formula is C32H30FN5O7S. The second-order valence-electron chi connectivity index (χ2n) is 10.4. The lowest BCUT2D eigenvalue weighted by Gasteiger charge is -2.24. The van der Waals surface area contributed by atoms with Gasteiger partial charge >= 0.3 is 5.97 Å². The summed E-state index contributed by atoms with van der Waals surface area (Å²) in [6, 6.07) is 13.0. The van der Waals surface area contributed by atoms with Crippen LogP contribution < -0.4 is 20.5 Å². The van der Waals surface area contributed by atoms with Gasteiger partial charge < -0.3 is 20.3 Å². The normalized spacial score (nSPS) is 11.8. The molecule has 1 heterocycles. The molecule has 238 valence electrons. The minimum Gasteiger partial charge on any atom is -0.480 e. The van der Waals surface area contributed by atoms with E-state index in [2.05, 4.69) is 21.2 Å². The highest BCUT2D eigenvalue weighted by atomic mass is 32.2. The molecule has 1 aromatic heterocycles. The molecule has 4 rings (SSSR count). The number of anilines is 1. The van der Waals surface area contributed by atoms with Crippen LogP contribution in [0.5, 0.6) is 0 Å². The number of hydrogen-bond donors (Lipinski definition) is 4. The molecule has 12 nitrogen and oxygen atoms in total. The molecular weight excluding hydrogens is 617 g/mol. The van der Waals surface area contributed by atoms with E-state index >= 15 is 4.39 Å². The molecule has 0 saturated heterocycles. The van der Waals surface area contributed by atoms with Crippen LogP contribution in [0.25, 0.3) is 10.9 Å². The highest BCUT2D eigenvalue weighted by molar-refractivity contribution is 7.90. The summed E-state index contributed by atoms with van der Waals surface area (Å²) in [5, 5.41) is 12.1.